The molecule has 1 aliphatic heterocycles. The molecule has 1 saturated heterocycles. The van der Waals surface area contributed by atoms with Gasteiger partial charge < -0.3 is 9.80 Å². The number of likely N-dealkylation sites (N-methyl/N-ethyl adjacent to an activating group) is 1. The van der Waals surface area contributed by atoms with Gasteiger partial charge in [-0.25, -0.2) is 0 Å². The molecule has 0 N–H and O–H groups in total. The van der Waals surface area contributed by atoms with E-state index in [1.165, 1.54) is 24.6 Å². The molecule has 0 aromatic carbocycles. The summed E-state index contributed by atoms with van der Waals surface area (Å²) < 4.78 is 8.88. The van der Waals surface area contributed by atoms with Crippen LogP contribution in [0.3, 0.4) is 0 Å². The van der Waals surface area contributed by atoms with Gasteiger partial charge in [-0.1, -0.05) is 13.3 Å². The second kappa shape index (κ2) is 6.56. The summed E-state index contributed by atoms with van der Waals surface area (Å²) in [7, 11) is 2.17. The molecule has 0 aliphatic carbocycles. The van der Waals surface area contributed by atoms with Gasteiger partial charge in [0.25, 0.3) is 0 Å². The average molecular weight is 272 g/mol. The fourth-order valence-corrected chi connectivity index (χ4v) is 3.57. The highest BCUT2D eigenvalue weighted by Gasteiger charge is 2.20. The Morgan fingerprint density at radius 3 is 2.71 bits per heavy atom. The van der Waals surface area contributed by atoms with Gasteiger partial charge in [0.05, 0.1) is 11.7 Å². The molecule has 0 spiro atoms. The zero-order valence-electron chi connectivity index (χ0n) is 10.6. The van der Waals surface area contributed by atoms with Crippen LogP contribution in [0.15, 0.2) is 5.03 Å². The quantitative estimate of drug-likeness (QED) is 0.606. The molecule has 4 nitrogen and oxygen atoms in total. The van der Waals surface area contributed by atoms with Crippen molar-refractivity contribution in [2.24, 2.45) is 0 Å². The van der Waals surface area contributed by atoms with Crippen LogP contribution in [-0.4, -0.2) is 52.6 Å². The van der Waals surface area contributed by atoms with E-state index >= 15 is 0 Å². The molecule has 0 unspecified atom stereocenters. The van der Waals surface area contributed by atoms with Gasteiger partial charge in [0, 0.05) is 26.2 Å². The first kappa shape index (κ1) is 13.1. The lowest BCUT2D eigenvalue weighted by Crippen LogP contribution is -2.44. The molecule has 1 aromatic heterocycles. The number of unbranched alkanes of at least 4 members (excludes halogenated alkanes) is 1. The Kier molecular flexibility index (Phi) is 5.06. The maximum atomic E-state index is 4.46. The number of hydrogen-bond acceptors (Lipinski definition) is 6. The monoisotopic (exact) mass is 272 g/mol. The van der Waals surface area contributed by atoms with Crippen molar-refractivity contribution >= 4 is 29.3 Å². The van der Waals surface area contributed by atoms with Crippen molar-refractivity contribution in [3.05, 3.63) is 0 Å². The van der Waals surface area contributed by atoms with E-state index in [0.29, 0.717) is 0 Å². The number of rotatable bonds is 5. The number of piperazine rings is 1. The molecular formula is C11H20N4S2. The van der Waals surface area contributed by atoms with Gasteiger partial charge in [-0.2, -0.15) is 8.75 Å². The first-order chi connectivity index (χ1) is 8.31. The Bertz CT molecular complexity index is 334. The molecule has 0 atom stereocenters. The second-order valence-corrected chi connectivity index (χ2v) is 6.00. The minimum absolute atomic E-state index is 1.07. The van der Waals surface area contributed by atoms with Crippen molar-refractivity contribution in [1.82, 2.24) is 13.6 Å². The summed E-state index contributed by atoms with van der Waals surface area (Å²) in [4.78, 5) is 4.73. The lowest BCUT2D eigenvalue weighted by atomic mass is 10.3. The smallest absolute Gasteiger partial charge is 0.176 e. The number of aromatic nitrogens is 2. The third kappa shape index (κ3) is 3.56. The Morgan fingerprint density at radius 2 is 2.00 bits per heavy atom. The van der Waals surface area contributed by atoms with Crippen LogP contribution in [0, 0.1) is 0 Å². The van der Waals surface area contributed by atoms with E-state index in [0.717, 1.165) is 42.8 Å². The van der Waals surface area contributed by atoms with E-state index in [-0.39, 0.29) is 0 Å². The lowest BCUT2D eigenvalue weighted by Gasteiger charge is -2.32. The molecule has 1 aliphatic rings. The predicted octanol–water partition coefficient (Wildman–Crippen LogP) is 2.18. The number of hydrogen-bond donors (Lipinski definition) is 0. The van der Waals surface area contributed by atoms with Gasteiger partial charge in [-0.15, -0.1) is 11.8 Å². The SMILES string of the molecule is CCCCSc1nsnc1N1CCN(C)CC1. The Balaban J connectivity index is 1.93. The van der Waals surface area contributed by atoms with E-state index in [2.05, 4.69) is 32.5 Å². The van der Waals surface area contributed by atoms with Gasteiger partial charge in [0.1, 0.15) is 0 Å². The standard InChI is InChI=1S/C11H20N4S2/c1-3-4-9-16-11-10(12-17-13-11)15-7-5-14(2)6-8-15/h3-9H2,1-2H3. The van der Waals surface area contributed by atoms with Gasteiger partial charge in [0.15, 0.2) is 10.8 Å². The maximum absolute atomic E-state index is 4.46. The van der Waals surface area contributed by atoms with Crippen LogP contribution in [-0.2, 0) is 0 Å². The van der Waals surface area contributed by atoms with Crippen molar-refractivity contribution in [2.75, 3.05) is 43.9 Å². The minimum Gasteiger partial charge on any atom is -0.351 e. The molecule has 0 radical (unpaired) electrons. The number of anilines is 1. The lowest BCUT2D eigenvalue weighted by molar-refractivity contribution is 0.311. The molecule has 1 aromatic rings. The molecule has 2 rings (SSSR count). The third-order valence-corrected chi connectivity index (χ3v) is 4.66. The van der Waals surface area contributed by atoms with E-state index in [4.69, 9.17) is 0 Å². The number of nitrogens with zero attached hydrogens (tertiary/aromatic N) is 4. The number of thioether (sulfide) groups is 1. The largest absolute Gasteiger partial charge is 0.351 e. The third-order valence-electron chi connectivity index (χ3n) is 2.98. The average Bonchev–Trinajstić information content (AvgIpc) is 2.79. The van der Waals surface area contributed by atoms with Crippen LogP contribution in [0.4, 0.5) is 5.82 Å². The molecule has 0 bridgehead atoms. The van der Waals surface area contributed by atoms with E-state index in [9.17, 15) is 0 Å². The van der Waals surface area contributed by atoms with Gasteiger partial charge in [-0.05, 0) is 19.2 Å². The molecule has 6 heteroatoms. The summed E-state index contributed by atoms with van der Waals surface area (Å²) >= 11 is 3.20. The molecule has 1 fully saturated rings. The maximum Gasteiger partial charge on any atom is 0.176 e. The van der Waals surface area contributed by atoms with Crippen molar-refractivity contribution in [3.63, 3.8) is 0 Å². The zero-order valence-corrected chi connectivity index (χ0v) is 12.2. The van der Waals surface area contributed by atoms with Gasteiger partial charge >= 0.3 is 0 Å². The fraction of sp³-hybridized carbons (Fsp3) is 0.818. The van der Waals surface area contributed by atoms with Crippen LogP contribution in [0.1, 0.15) is 19.8 Å². The molecule has 17 heavy (non-hydrogen) atoms. The topological polar surface area (TPSA) is 32.3 Å². The van der Waals surface area contributed by atoms with E-state index in [1.54, 1.807) is 0 Å². The summed E-state index contributed by atoms with van der Waals surface area (Å²) in [6.45, 7) is 6.61. The van der Waals surface area contributed by atoms with Crippen molar-refractivity contribution in [1.29, 1.82) is 0 Å². The Labute approximate surface area is 112 Å². The predicted molar refractivity (Wildman–Crippen MR) is 75.3 cm³/mol. The fourth-order valence-electron chi connectivity index (χ4n) is 1.79. The molecule has 0 saturated carbocycles. The summed E-state index contributed by atoms with van der Waals surface area (Å²) in [6, 6.07) is 0. The van der Waals surface area contributed by atoms with Crippen molar-refractivity contribution in [3.8, 4) is 0 Å². The Hall–Kier alpha value is -0.330. The Morgan fingerprint density at radius 1 is 1.24 bits per heavy atom. The van der Waals surface area contributed by atoms with Gasteiger partial charge in [0.2, 0.25) is 0 Å². The van der Waals surface area contributed by atoms with E-state index in [1.807, 2.05) is 11.8 Å². The summed E-state index contributed by atoms with van der Waals surface area (Å²) in [5.41, 5.74) is 0. The second-order valence-electron chi connectivity index (χ2n) is 4.39. The normalized spacial score (nSPS) is 17.6. The molecule has 0 amide bonds. The highest BCUT2D eigenvalue weighted by molar-refractivity contribution is 7.99. The molecule has 2 heterocycles. The van der Waals surface area contributed by atoms with Crippen LogP contribution in [0.2, 0.25) is 0 Å². The van der Waals surface area contributed by atoms with Crippen molar-refractivity contribution in [2.45, 2.75) is 24.8 Å². The van der Waals surface area contributed by atoms with Crippen LogP contribution in [0.5, 0.6) is 0 Å². The highest BCUT2D eigenvalue weighted by atomic mass is 32.2. The molecular weight excluding hydrogens is 252 g/mol. The minimum atomic E-state index is 1.07. The first-order valence-electron chi connectivity index (χ1n) is 6.20. The van der Waals surface area contributed by atoms with Crippen LogP contribution in [0.25, 0.3) is 0 Å². The van der Waals surface area contributed by atoms with Crippen LogP contribution < -0.4 is 4.90 Å². The highest BCUT2D eigenvalue weighted by Crippen LogP contribution is 2.29. The summed E-state index contributed by atoms with van der Waals surface area (Å²) in [5.74, 6) is 2.27. The zero-order chi connectivity index (χ0) is 12.1. The van der Waals surface area contributed by atoms with Gasteiger partial charge in [-0.3, -0.25) is 0 Å². The summed E-state index contributed by atoms with van der Waals surface area (Å²) in [5, 5.41) is 1.13. The van der Waals surface area contributed by atoms with E-state index < -0.39 is 0 Å². The first-order valence-corrected chi connectivity index (χ1v) is 7.91. The van der Waals surface area contributed by atoms with Crippen molar-refractivity contribution < 1.29 is 0 Å². The van der Waals surface area contributed by atoms with Crippen LogP contribution >= 0.6 is 23.5 Å². The molecule has 96 valence electrons. The summed E-state index contributed by atoms with van der Waals surface area (Å²) in [6.07, 6.45) is 2.50.